The van der Waals surface area contributed by atoms with Crippen molar-refractivity contribution >= 4 is 46.9 Å². The van der Waals surface area contributed by atoms with Crippen LogP contribution in [0.15, 0.2) is 17.3 Å². The van der Waals surface area contributed by atoms with Gasteiger partial charge in [0.25, 0.3) is 5.91 Å². The molecule has 1 spiro atoms. The zero-order chi connectivity index (χ0) is 37.2. The monoisotopic (exact) mass is 719 g/mol. The molecular formula is C35H50ClN5O9. The Morgan fingerprint density at radius 3 is 2.26 bits per heavy atom. The van der Waals surface area contributed by atoms with Gasteiger partial charge in [-0.2, -0.15) is 0 Å². The second-order valence-corrected chi connectivity index (χ2v) is 15.7. The van der Waals surface area contributed by atoms with Gasteiger partial charge in [0.15, 0.2) is 5.60 Å². The number of ketones is 1. The van der Waals surface area contributed by atoms with Crippen LogP contribution in [0.1, 0.15) is 92.6 Å². The van der Waals surface area contributed by atoms with Crippen LogP contribution in [0.2, 0.25) is 5.02 Å². The first-order valence-corrected chi connectivity index (χ1v) is 17.3. The maximum absolute atomic E-state index is 14.5. The minimum atomic E-state index is -1.15. The lowest BCUT2D eigenvalue weighted by molar-refractivity contribution is -0.144. The van der Waals surface area contributed by atoms with Crippen LogP contribution in [-0.2, 0) is 28.8 Å². The molecule has 0 aromatic heterocycles. The Labute approximate surface area is 298 Å². The number of oxime groups is 1. The number of nitrogens with zero attached hydrogens (tertiary/aromatic N) is 2. The highest BCUT2D eigenvalue weighted by atomic mass is 35.5. The van der Waals surface area contributed by atoms with Crippen LogP contribution in [0, 0.1) is 5.41 Å². The molecule has 1 aliphatic carbocycles. The van der Waals surface area contributed by atoms with E-state index in [0.717, 1.165) is 12.8 Å². The largest absolute Gasteiger partial charge is 0.496 e. The summed E-state index contributed by atoms with van der Waals surface area (Å²) in [6.45, 7) is 12.3. The maximum atomic E-state index is 14.5. The highest BCUT2D eigenvalue weighted by Gasteiger charge is 2.56. The number of carbonyl (C=O) groups is 5. The smallest absolute Gasteiger partial charge is 0.408 e. The van der Waals surface area contributed by atoms with Crippen LogP contribution in [0.3, 0.4) is 0 Å². The van der Waals surface area contributed by atoms with Crippen LogP contribution >= 0.6 is 11.6 Å². The van der Waals surface area contributed by atoms with E-state index in [1.165, 1.54) is 19.1 Å². The van der Waals surface area contributed by atoms with Gasteiger partial charge in [-0.1, -0.05) is 50.9 Å². The number of amides is 4. The lowest BCUT2D eigenvalue weighted by Crippen LogP contribution is -2.59. The molecule has 0 radical (unpaired) electrons. The van der Waals surface area contributed by atoms with Crippen LogP contribution in [0.5, 0.6) is 11.5 Å². The number of alkyl carbamates (subject to hydrolysis) is 1. The standard InChI is InChI=1S/C35H50ClN5O9/c1-10-11-22(27(42)30(44)37-19-12-13-19)38-29(43)24-17-35(16-23(40-50-35)20-14-21(36)26(48-9)15-25(20)47-8)18-41(24)31(45)28(33(2,3)4)39-32(46)49-34(5,6)7/h14-15,19,22,24,28H,10-13,16-18H2,1-9H3,(H,37,44)(H,38,43)(H,39,46)/t22-,24+,28-,35?/m1/s1. The van der Waals surface area contributed by atoms with Gasteiger partial charge in [0.1, 0.15) is 29.2 Å². The predicted molar refractivity (Wildman–Crippen MR) is 185 cm³/mol. The molecule has 4 amide bonds. The molecule has 2 fully saturated rings. The van der Waals surface area contributed by atoms with Gasteiger partial charge in [-0.15, -0.1) is 0 Å². The van der Waals surface area contributed by atoms with Crippen molar-refractivity contribution < 1.29 is 43.0 Å². The molecule has 50 heavy (non-hydrogen) atoms. The second-order valence-electron chi connectivity index (χ2n) is 15.3. The Kier molecular flexibility index (Phi) is 11.6. The lowest BCUT2D eigenvalue weighted by Gasteiger charge is -2.36. The number of halogens is 1. The Balaban J connectivity index is 1.66. The molecule has 3 aliphatic rings. The first-order chi connectivity index (χ1) is 23.3. The Hall–Kier alpha value is -4.07. The average Bonchev–Trinajstić information content (AvgIpc) is 3.62. The second kappa shape index (κ2) is 15.0. The van der Waals surface area contributed by atoms with Crippen LogP contribution < -0.4 is 25.4 Å². The molecule has 3 N–H and O–H groups in total. The summed E-state index contributed by atoms with van der Waals surface area (Å²) < 4.78 is 16.4. The molecule has 1 aromatic carbocycles. The van der Waals surface area contributed by atoms with E-state index >= 15 is 0 Å². The molecule has 4 rings (SSSR count). The van der Waals surface area contributed by atoms with Gasteiger partial charge in [0.2, 0.25) is 17.6 Å². The molecule has 1 unspecified atom stereocenters. The number of carbonyl (C=O) groups excluding carboxylic acids is 5. The molecule has 276 valence electrons. The summed E-state index contributed by atoms with van der Waals surface area (Å²) >= 11 is 6.45. The number of rotatable bonds is 12. The molecule has 1 saturated heterocycles. The topological polar surface area (TPSA) is 174 Å². The van der Waals surface area contributed by atoms with E-state index in [0.29, 0.717) is 34.2 Å². The van der Waals surface area contributed by atoms with E-state index < -0.39 is 64.3 Å². The van der Waals surface area contributed by atoms with Crippen molar-refractivity contribution in [3.63, 3.8) is 0 Å². The van der Waals surface area contributed by atoms with E-state index in [1.807, 2.05) is 6.92 Å². The number of methoxy groups -OCH3 is 2. The molecule has 1 aromatic rings. The quantitative estimate of drug-likeness (QED) is 0.271. The fourth-order valence-corrected chi connectivity index (χ4v) is 6.31. The molecule has 14 nitrogen and oxygen atoms in total. The highest BCUT2D eigenvalue weighted by Crippen LogP contribution is 2.42. The molecule has 0 bridgehead atoms. The van der Waals surface area contributed by atoms with Gasteiger partial charge in [0, 0.05) is 30.5 Å². The van der Waals surface area contributed by atoms with E-state index in [-0.39, 0.29) is 31.8 Å². The first kappa shape index (κ1) is 38.7. The fourth-order valence-electron chi connectivity index (χ4n) is 6.07. The maximum Gasteiger partial charge on any atom is 0.408 e. The van der Waals surface area contributed by atoms with Crippen LogP contribution in [-0.4, -0.2) is 96.3 Å². The molecule has 15 heteroatoms. The van der Waals surface area contributed by atoms with Crippen molar-refractivity contribution in [2.24, 2.45) is 10.6 Å². The fraction of sp³-hybridized carbons (Fsp3) is 0.657. The predicted octanol–water partition coefficient (Wildman–Crippen LogP) is 3.89. The lowest BCUT2D eigenvalue weighted by atomic mass is 9.85. The zero-order valence-corrected chi connectivity index (χ0v) is 31.1. The number of Topliss-reactive ketones (excluding diaryl/α,β-unsaturated/α-hetero) is 1. The average molecular weight is 720 g/mol. The summed E-state index contributed by atoms with van der Waals surface area (Å²) in [5.41, 5.74) is -1.74. The van der Waals surface area contributed by atoms with Crippen molar-refractivity contribution in [1.82, 2.24) is 20.9 Å². The van der Waals surface area contributed by atoms with E-state index in [4.69, 9.17) is 30.6 Å². The number of likely N-dealkylation sites (tertiary alicyclic amines) is 1. The number of nitrogens with one attached hydrogen (secondary N) is 3. The summed E-state index contributed by atoms with van der Waals surface area (Å²) in [7, 11) is 2.99. The third-order valence-electron chi connectivity index (χ3n) is 8.73. The molecular weight excluding hydrogens is 670 g/mol. The van der Waals surface area contributed by atoms with Gasteiger partial charge in [-0.25, -0.2) is 4.79 Å². The van der Waals surface area contributed by atoms with Gasteiger partial charge in [-0.3, -0.25) is 19.2 Å². The third-order valence-corrected chi connectivity index (χ3v) is 9.03. The van der Waals surface area contributed by atoms with Gasteiger partial charge >= 0.3 is 6.09 Å². The van der Waals surface area contributed by atoms with Crippen molar-refractivity contribution in [2.45, 2.75) is 122 Å². The number of benzene rings is 1. The van der Waals surface area contributed by atoms with Crippen molar-refractivity contribution in [2.75, 3.05) is 20.8 Å². The van der Waals surface area contributed by atoms with E-state index in [9.17, 15) is 24.0 Å². The molecule has 2 aliphatic heterocycles. The van der Waals surface area contributed by atoms with Crippen LogP contribution in [0.25, 0.3) is 0 Å². The van der Waals surface area contributed by atoms with Gasteiger partial charge in [-0.05, 0) is 51.5 Å². The van der Waals surface area contributed by atoms with Gasteiger partial charge < -0.3 is 39.9 Å². The number of hydrogen-bond acceptors (Lipinski definition) is 10. The van der Waals surface area contributed by atoms with Crippen molar-refractivity contribution in [3.8, 4) is 11.5 Å². The minimum Gasteiger partial charge on any atom is -0.496 e. The molecule has 4 atom stereocenters. The Bertz CT molecular complexity index is 1530. The SMILES string of the molecule is CCC[C@@H](NC(=O)[C@@H]1CC2(CC(c3cc(Cl)c(OC)cc3OC)=NO2)CN1C(=O)[C@@H](NC(=O)OC(C)(C)C)C(C)(C)C)C(=O)C(=O)NC1CC1. The summed E-state index contributed by atoms with van der Waals surface area (Å²) in [5.74, 6) is -1.83. The summed E-state index contributed by atoms with van der Waals surface area (Å²) in [4.78, 5) is 74.9. The van der Waals surface area contributed by atoms with E-state index in [2.05, 4.69) is 21.1 Å². The minimum absolute atomic E-state index is 0.00832. The van der Waals surface area contributed by atoms with Gasteiger partial charge in [0.05, 0.1) is 37.5 Å². The highest BCUT2D eigenvalue weighted by molar-refractivity contribution is 6.38. The Morgan fingerprint density at radius 2 is 1.70 bits per heavy atom. The third kappa shape index (κ3) is 9.18. The van der Waals surface area contributed by atoms with E-state index in [1.54, 1.807) is 53.7 Å². The Morgan fingerprint density at radius 1 is 1.04 bits per heavy atom. The number of ether oxygens (including phenoxy) is 3. The summed E-state index contributed by atoms with van der Waals surface area (Å²) in [5, 5.41) is 12.8. The van der Waals surface area contributed by atoms with Crippen molar-refractivity contribution in [3.05, 3.63) is 22.7 Å². The zero-order valence-electron chi connectivity index (χ0n) is 30.4. The first-order valence-electron chi connectivity index (χ1n) is 16.9. The number of hydrogen-bond donors (Lipinski definition) is 3. The van der Waals surface area contributed by atoms with Crippen LogP contribution in [0.4, 0.5) is 4.79 Å². The summed E-state index contributed by atoms with van der Waals surface area (Å²) in [6.07, 6.45) is 1.74. The summed E-state index contributed by atoms with van der Waals surface area (Å²) in [6, 6.07) is -0.0972. The normalized spacial score (nSPS) is 21.4. The molecule has 2 heterocycles. The molecule has 1 saturated carbocycles. The van der Waals surface area contributed by atoms with Crippen molar-refractivity contribution in [1.29, 1.82) is 0 Å².